The van der Waals surface area contributed by atoms with E-state index in [0.29, 0.717) is 24.5 Å². The van der Waals surface area contributed by atoms with E-state index in [1.165, 1.54) is 0 Å². The summed E-state index contributed by atoms with van der Waals surface area (Å²) in [6.07, 6.45) is 0.410. The number of rotatable bonds is 4. The van der Waals surface area contributed by atoms with Gasteiger partial charge in [0.2, 0.25) is 0 Å². The fourth-order valence-corrected chi connectivity index (χ4v) is 1.04. The van der Waals surface area contributed by atoms with Gasteiger partial charge < -0.3 is 10.5 Å². The van der Waals surface area contributed by atoms with Gasteiger partial charge >= 0.3 is 0 Å². The summed E-state index contributed by atoms with van der Waals surface area (Å²) in [4.78, 5) is 0. The number of hydrogen-bond acceptors (Lipinski definition) is 2. The molecule has 0 unspecified atom stereocenters. The molecule has 1 aromatic rings. The number of ether oxygens (including phenoxy) is 1. The first kappa shape index (κ1) is 9.84. The van der Waals surface area contributed by atoms with E-state index < -0.39 is 0 Å². The zero-order valence-electron chi connectivity index (χ0n) is 7.72. The third-order valence-corrected chi connectivity index (χ3v) is 1.70. The van der Waals surface area contributed by atoms with Crippen LogP contribution >= 0.6 is 0 Å². The van der Waals surface area contributed by atoms with Crippen LogP contribution in [0, 0.1) is 6.92 Å². The number of alkyl halides is 1. The largest absolute Gasteiger partial charge is 0.491 e. The molecular weight excluding hydrogens is 169 g/mol. The van der Waals surface area contributed by atoms with Crippen molar-refractivity contribution in [3.63, 3.8) is 0 Å². The van der Waals surface area contributed by atoms with E-state index in [2.05, 4.69) is 0 Å². The predicted molar refractivity (Wildman–Crippen MR) is 51.7 cm³/mol. The second-order valence-electron chi connectivity index (χ2n) is 2.93. The van der Waals surface area contributed by atoms with Crippen LogP contribution in [0.25, 0.3) is 0 Å². The van der Waals surface area contributed by atoms with Gasteiger partial charge in [0.1, 0.15) is 5.75 Å². The Morgan fingerprint density at radius 2 is 2.23 bits per heavy atom. The quantitative estimate of drug-likeness (QED) is 0.574. The lowest BCUT2D eigenvalue weighted by atomic mass is 10.2. The number of nitrogens with two attached hydrogens (primary N) is 1. The first-order valence-electron chi connectivity index (χ1n) is 4.29. The highest BCUT2D eigenvalue weighted by atomic mass is 19.1. The van der Waals surface area contributed by atoms with Crippen LogP contribution in [-0.4, -0.2) is 13.3 Å². The summed E-state index contributed by atoms with van der Waals surface area (Å²) in [6.45, 7) is 1.98. The number of anilines is 1. The van der Waals surface area contributed by atoms with Crippen LogP contribution in [0.1, 0.15) is 12.0 Å². The fraction of sp³-hybridized carbons (Fsp3) is 0.400. The Bertz CT molecular complexity index is 276. The van der Waals surface area contributed by atoms with Crippen LogP contribution in [0.2, 0.25) is 0 Å². The second-order valence-corrected chi connectivity index (χ2v) is 2.93. The van der Waals surface area contributed by atoms with Gasteiger partial charge in [0.15, 0.2) is 0 Å². The summed E-state index contributed by atoms with van der Waals surface area (Å²) in [5.41, 5.74) is 7.39. The van der Waals surface area contributed by atoms with Crippen LogP contribution in [0.5, 0.6) is 5.75 Å². The topological polar surface area (TPSA) is 35.2 Å². The van der Waals surface area contributed by atoms with Gasteiger partial charge in [-0.15, -0.1) is 0 Å². The van der Waals surface area contributed by atoms with Crippen molar-refractivity contribution in [3.8, 4) is 5.75 Å². The monoisotopic (exact) mass is 183 g/mol. The summed E-state index contributed by atoms with van der Waals surface area (Å²) in [6, 6.07) is 5.56. The Kier molecular flexibility index (Phi) is 3.55. The molecule has 0 atom stereocenters. The van der Waals surface area contributed by atoms with Crippen molar-refractivity contribution in [1.29, 1.82) is 0 Å². The Labute approximate surface area is 77.5 Å². The maximum atomic E-state index is 11.7. The van der Waals surface area contributed by atoms with Crippen LogP contribution in [0.4, 0.5) is 10.1 Å². The summed E-state index contributed by atoms with van der Waals surface area (Å²) >= 11 is 0. The number of halogens is 1. The average Bonchev–Trinajstić information content (AvgIpc) is 2.09. The van der Waals surface area contributed by atoms with Gasteiger partial charge in [-0.25, -0.2) is 0 Å². The van der Waals surface area contributed by atoms with Gasteiger partial charge in [0.25, 0.3) is 0 Å². The highest BCUT2D eigenvalue weighted by Crippen LogP contribution is 2.21. The Morgan fingerprint density at radius 3 is 2.85 bits per heavy atom. The fourth-order valence-electron chi connectivity index (χ4n) is 1.04. The van der Waals surface area contributed by atoms with Crippen molar-refractivity contribution < 1.29 is 9.13 Å². The Balaban J connectivity index is 2.56. The van der Waals surface area contributed by atoms with E-state index in [1.807, 2.05) is 25.1 Å². The molecule has 2 nitrogen and oxygen atoms in total. The minimum Gasteiger partial charge on any atom is -0.491 e. The standard InChI is InChI=1S/C10H14FNO/c1-8-3-4-10(9(12)7-8)13-6-2-5-11/h3-4,7H,2,5-6,12H2,1H3. The van der Waals surface area contributed by atoms with E-state index in [1.54, 1.807) is 0 Å². The molecule has 2 N–H and O–H groups in total. The number of aryl methyl sites for hydroxylation is 1. The summed E-state index contributed by atoms with van der Waals surface area (Å²) in [5.74, 6) is 0.638. The molecule has 0 aliphatic heterocycles. The summed E-state index contributed by atoms with van der Waals surface area (Å²) in [5, 5.41) is 0. The van der Waals surface area contributed by atoms with E-state index >= 15 is 0 Å². The van der Waals surface area contributed by atoms with Crippen molar-refractivity contribution >= 4 is 5.69 Å². The van der Waals surface area contributed by atoms with Gasteiger partial charge in [-0.2, -0.15) is 0 Å². The molecule has 0 aliphatic rings. The third kappa shape index (κ3) is 2.93. The molecule has 0 aromatic heterocycles. The number of benzene rings is 1. The Hall–Kier alpha value is -1.25. The zero-order chi connectivity index (χ0) is 9.68. The molecule has 3 heteroatoms. The average molecular weight is 183 g/mol. The molecule has 0 saturated carbocycles. The van der Waals surface area contributed by atoms with Gasteiger partial charge in [-0.3, -0.25) is 4.39 Å². The summed E-state index contributed by atoms with van der Waals surface area (Å²) in [7, 11) is 0. The van der Waals surface area contributed by atoms with Crippen molar-refractivity contribution in [3.05, 3.63) is 23.8 Å². The summed E-state index contributed by atoms with van der Waals surface area (Å²) < 4.78 is 17.0. The molecule has 13 heavy (non-hydrogen) atoms. The first-order valence-corrected chi connectivity index (χ1v) is 4.29. The van der Waals surface area contributed by atoms with Gasteiger partial charge in [0, 0.05) is 6.42 Å². The molecule has 1 rings (SSSR count). The molecule has 0 bridgehead atoms. The van der Waals surface area contributed by atoms with Crippen molar-refractivity contribution in [1.82, 2.24) is 0 Å². The minimum absolute atomic E-state index is 0.355. The molecular formula is C10H14FNO. The van der Waals surface area contributed by atoms with E-state index in [0.717, 1.165) is 5.56 Å². The molecule has 0 fully saturated rings. The van der Waals surface area contributed by atoms with Gasteiger partial charge in [-0.05, 0) is 24.6 Å². The molecule has 72 valence electrons. The van der Waals surface area contributed by atoms with E-state index in [-0.39, 0.29) is 6.67 Å². The zero-order valence-corrected chi connectivity index (χ0v) is 7.72. The van der Waals surface area contributed by atoms with Crippen molar-refractivity contribution in [2.24, 2.45) is 0 Å². The van der Waals surface area contributed by atoms with Gasteiger partial charge in [-0.1, -0.05) is 6.07 Å². The highest BCUT2D eigenvalue weighted by molar-refractivity contribution is 5.53. The van der Waals surface area contributed by atoms with E-state index in [9.17, 15) is 4.39 Å². The molecule has 0 heterocycles. The van der Waals surface area contributed by atoms with Gasteiger partial charge in [0.05, 0.1) is 19.0 Å². The smallest absolute Gasteiger partial charge is 0.142 e. The van der Waals surface area contributed by atoms with Crippen molar-refractivity contribution in [2.45, 2.75) is 13.3 Å². The maximum Gasteiger partial charge on any atom is 0.142 e. The number of nitrogen functional groups attached to an aromatic ring is 1. The predicted octanol–water partition coefficient (Wildman–Crippen LogP) is 2.32. The van der Waals surface area contributed by atoms with Crippen LogP contribution in [0.3, 0.4) is 0 Å². The molecule has 0 spiro atoms. The van der Waals surface area contributed by atoms with Crippen LogP contribution in [0.15, 0.2) is 18.2 Å². The van der Waals surface area contributed by atoms with E-state index in [4.69, 9.17) is 10.5 Å². The lowest BCUT2D eigenvalue weighted by Gasteiger charge is -2.07. The van der Waals surface area contributed by atoms with Crippen LogP contribution < -0.4 is 10.5 Å². The second kappa shape index (κ2) is 4.70. The first-order chi connectivity index (χ1) is 6.24. The lowest BCUT2D eigenvalue weighted by molar-refractivity contribution is 0.291. The molecule has 0 saturated heterocycles. The van der Waals surface area contributed by atoms with Crippen LogP contribution in [-0.2, 0) is 0 Å². The molecule has 0 radical (unpaired) electrons. The Morgan fingerprint density at radius 1 is 1.46 bits per heavy atom. The van der Waals surface area contributed by atoms with Crippen molar-refractivity contribution in [2.75, 3.05) is 19.0 Å². The highest BCUT2D eigenvalue weighted by Gasteiger charge is 1.99. The SMILES string of the molecule is Cc1ccc(OCCCF)c(N)c1. The number of hydrogen-bond donors (Lipinski definition) is 1. The lowest BCUT2D eigenvalue weighted by Crippen LogP contribution is -2.01. The molecule has 1 aromatic carbocycles. The third-order valence-electron chi connectivity index (χ3n) is 1.70. The molecule has 0 amide bonds. The molecule has 0 aliphatic carbocycles. The maximum absolute atomic E-state index is 11.7. The minimum atomic E-state index is -0.355. The normalized spacial score (nSPS) is 10.0.